The van der Waals surface area contributed by atoms with Crippen LogP contribution < -0.4 is 0 Å². The molecule has 0 aromatic rings. The quantitative estimate of drug-likeness (QED) is 0.0203. The van der Waals surface area contributed by atoms with Crippen molar-refractivity contribution < 1.29 is 56.8 Å². The van der Waals surface area contributed by atoms with Crippen LogP contribution in [-0.4, -0.2) is 96.0 Å². The highest BCUT2D eigenvalue weighted by Gasteiger charge is 2.46. The van der Waals surface area contributed by atoms with E-state index in [1.807, 2.05) is 0 Å². The molecule has 4 N–H and O–H groups in total. The first kappa shape index (κ1) is 52.4. The Hall–Kier alpha value is -1.61. The number of unbranched alkanes of at least 4 members (excludes halogenated alkanes) is 23. The lowest BCUT2D eigenvalue weighted by Crippen LogP contribution is -2.60. The van der Waals surface area contributed by atoms with Crippen LogP contribution in [0.5, 0.6) is 0 Å². The molecule has 2 unspecified atom stereocenters. The van der Waals surface area contributed by atoms with Crippen molar-refractivity contribution in [2.75, 3.05) is 19.0 Å². The van der Waals surface area contributed by atoms with Gasteiger partial charge in [0.2, 0.25) is 0 Å². The van der Waals surface area contributed by atoms with Gasteiger partial charge in [-0.2, -0.15) is 8.42 Å². The van der Waals surface area contributed by atoms with Crippen molar-refractivity contribution in [1.29, 1.82) is 0 Å². The van der Waals surface area contributed by atoms with E-state index in [9.17, 15) is 37.9 Å². The van der Waals surface area contributed by atoms with E-state index in [1.165, 1.54) is 116 Å². The molecule has 0 aromatic carbocycles. The highest BCUT2D eigenvalue weighted by Crippen LogP contribution is 2.24. The maximum Gasteiger partial charge on any atom is 0.306 e. The summed E-state index contributed by atoms with van der Waals surface area (Å²) in [6, 6.07) is 0. The predicted molar refractivity (Wildman–Crippen MR) is 220 cm³/mol. The minimum Gasteiger partial charge on any atom is -0.462 e. The van der Waals surface area contributed by atoms with E-state index in [-0.39, 0.29) is 19.4 Å². The number of hydrogen-bond acceptors (Lipinski definition) is 11. The number of ether oxygens (including phenoxy) is 4. The molecule has 0 amide bonds. The van der Waals surface area contributed by atoms with Crippen LogP contribution in [-0.2, 0) is 38.7 Å². The summed E-state index contributed by atoms with van der Waals surface area (Å²) in [7, 11) is -4.59. The molecule has 1 aliphatic rings. The van der Waals surface area contributed by atoms with Crippen molar-refractivity contribution in [2.24, 2.45) is 0 Å². The van der Waals surface area contributed by atoms with Gasteiger partial charge < -0.3 is 34.3 Å². The minimum atomic E-state index is -4.59. The molecule has 1 saturated heterocycles. The second kappa shape index (κ2) is 34.3. The van der Waals surface area contributed by atoms with Gasteiger partial charge in [-0.15, -0.1) is 0 Å². The van der Waals surface area contributed by atoms with Gasteiger partial charge in [0.15, 0.2) is 12.4 Å². The fourth-order valence-electron chi connectivity index (χ4n) is 6.85. The molecule has 6 atom stereocenters. The summed E-state index contributed by atoms with van der Waals surface area (Å²) in [5.41, 5.74) is 0. The number of carbonyl (C=O) groups is 2. The number of aliphatic hydroxyl groups is 3. The van der Waals surface area contributed by atoms with Gasteiger partial charge >= 0.3 is 11.9 Å². The maximum atomic E-state index is 12.8. The fourth-order valence-corrected chi connectivity index (χ4v) is 7.54. The Labute approximate surface area is 339 Å². The van der Waals surface area contributed by atoms with Crippen LogP contribution in [0.25, 0.3) is 0 Å². The van der Waals surface area contributed by atoms with Crippen LogP contribution >= 0.6 is 0 Å². The normalized spacial score (nSPS) is 20.7. The van der Waals surface area contributed by atoms with E-state index in [0.29, 0.717) is 12.8 Å². The molecule has 0 radical (unpaired) electrons. The zero-order valence-electron chi connectivity index (χ0n) is 35.0. The van der Waals surface area contributed by atoms with Crippen LogP contribution in [0, 0.1) is 0 Å². The van der Waals surface area contributed by atoms with Crippen molar-refractivity contribution in [2.45, 2.75) is 230 Å². The zero-order chi connectivity index (χ0) is 41.3. The van der Waals surface area contributed by atoms with Gasteiger partial charge in [-0.1, -0.05) is 154 Å². The Bertz CT molecular complexity index is 1100. The summed E-state index contributed by atoms with van der Waals surface area (Å²) >= 11 is 0. The summed E-state index contributed by atoms with van der Waals surface area (Å²) in [6.07, 6.45) is 25.8. The van der Waals surface area contributed by atoms with Gasteiger partial charge in [0, 0.05) is 12.8 Å². The summed E-state index contributed by atoms with van der Waals surface area (Å²) in [6.45, 7) is 3.70. The number of aliphatic hydroxyl groups excluding tert-OH is 3. The van der Waals surface area contributed by atoms with Crippen molar-refractivity contribution in [3.05, 3.63) is 12.2 Å². The summed E-state index contributed by atoms with van der Waals surface area (Å²) < 4.78 is 53.9. The Balaban J connectivity index is 2.35. The van der Waals surface area contributed by atoms with Gasteiger partial charge in [0.05, 0.1) is 6.61 Å². The van der Waals surface area contributed by atoms with Crippen LogP contribution in [0.15, 0.2) is 12.2 Å². The first-order valence-electron chi connectivity index (χ1n) is 22.2. The lowest BCUT2D eigenvalue weighted by Gasteiger charge is -2.40. The highest BCUT2D eigenvalue weighted by atomic mass is 32.2. The summed E-state index contributed by atoms with van der Waals surface area (Å²) in [5.74, 6) is -1.98. The van der Waals surface area contributed by atoms with Crippen molar-refractivity contribution in [3.63, 3.8) is 0 Å². The highest BCUT2D eigenvalue weighted by molar-refractivity contribution is 7.85. The number of carbonyl (C=O) groups excluding carboxylic acids is 2. The predicted octanol–water partition coefficient (Wildman–Crippen LogP) is 8.67. The molecule has 0 spiro atoms. The molecule has 0 aliphatic carbocycles. The number of rotatable bonds is 37. The van der Waals surface area contributed by atoms with E-state index in [0.717, 1.165) is 38.5 Å². The van der Waals surface area contributed by atoms with E-state index in [4.69, 9.17) is 18.9 Å². The smallest absolute Gasteiger partial charge is 0.306 e. The van der Waals surface area contributed by atoms with Crippen LogP contribution in [0.1, 0.15) is 194 Å². The topological polar surface area (TPSA) is 186 Å². The van der Waals surface area contributed by atoms with Crippen LogP contribution in [0.4, 0.5) is 0 Å². The first-order valence-corrected chi connectivity index (χ1v) is 23.9. The van der Waals surface area contributed by atoms with Gasteiger partial charge in [-0.3, -0.25) is 14.1 Å². The van der Waals surface area contributed by atoms with Crippen molar-refractivity contribution in [1.82, 2.24) is 0 Å². The number of esters is 2. The average Bonchev–Trinajstić information content (AvgIpc) is 3.16. The van der Waals surface area contributed by atoms with Gasteiger partial charge in [0.25, 0.3) is 10.1 Å². The first-order chi connectivity index (χ1) is 27.0. The third-order valence-electron chi connectivity index (χ3n) is 10.3. The molecule has 56 heavy (non-hydrogen) atoms. The molecule has 12 nitrogen and oxygen atoms in total. The van der Waals surface area contributed by atoms with Crippen molar-refractivity contribution >= 4 is 22.1 Å². The monoisotopic (exact) mass is 821 g/mol. The SMILES string of the molecule is CCCCCCCC/C=C/CCCCCCCCCCCCCC(=O)O[C@H](COC(=O)CCCCCCCCC)CO[C@H]1O[C@H](CS(=O)(=O)O)[C@@H](O)C(O)C1O. The molecule has 13 heteroatoms. The van der Waals surface area contributed by atoms with Crippen molar-refractivity contribution in [3.8, 4) is 0 Å². The van der Waals surface area contributed by atoms with Gasteiger partial charge in [-0.25, -0.2) is 0 Å². The second-order valence-corrected chi connectivity index (χ2v) is 17.2. The molecular formula is C43H80O12S. The Morgan fingerprint density at radius 3 is 1.48 bits per heavy atom. The third kappa shape index (κ3) is 28.7. The molecule has 1 rings (SSSR count). The zero-order valence-corrected chi connectivity index (χ0v) is 35.8. The second-order valence-electron chi connectivity index (χ2n) is 15.7. The standard InChI is InChI=1S/C43H80O12S/c1-3-5-7-9-11-12-13-14-15-16-17-18-19-20-21-22-23-24-26-28-30-32-39(45)54-36(33-52-38(44)31-29-27-25-10-8-6-4-2)34-53-43-42(48)41(47)40(46)37(55-43)35-56(49,50)51/h14-15,36-37,40-43,46-48H,3-13,16-35H2,1-2H3,(H,49,50,51)/b15-14+/t36-,37-,40-,41?,42?,43+/m1/s1. The molecule has 1 aliphatic heterocycles. The summed E-state index contributed by atoms with van der Waals surface area (Å²) in [4.78, 5) is 25.2. The Morgan fingerprint density at radius 1 is 0.589 bits per heavy atom. The summed E-state index contributed by atoms with van der Waals surface area (Å²) in [5, 5.41) is 30.8. The Morgan fingerprint density at radius 2 is 1.02 bits per heavy atom. The molecule has 1 fully saturated rings. The molecule has 1 heterocycles. The van der Waals surface area contributed by atoms with E-state index < -0.39 is 71.2 Å². The lowest BCUT2D eigenvalue weighted by molar-refractivity contribution is -0.297. The largest absolute Gasteiger partial charge is 0.462 e. The third-order valence-corrected chi connectivity index (χ3v) is 11.1. The fraction of sp³-hybridized carbons (Fsp3) is 0.907. The molecule has 0 aromatic heterocycles. The van der Waals surface area contributed by atoms with Crippen LogP contribution in [0.2, 0.25) is 0 Å². The molecular weight excluding hydrogens is 741 g/mol. The number of hydrogen-bond donors (Lipinski definition) is 4. The molecule has 0 bridgehead atoms. The lowest BCUT2D eigenvalue weighted by atomic mass is 10.00. The Kier molecular flexibility index (Phi) is 32.1. The molecule has 330 valence electrons. The van der Waals surface area contributed by atoms with Gasteiger partial charge in [0.1, 0.15) is 36.8 Å². The van der Waals surface area contributed by atoms with Gasteiger partial charge in [-0.05, 0) is 38.5 Å². The van der Waals surface area contributed by atoms with E-state index in [1.54, 1.807) is 0 Å². The number of allylic oxidation sites excluding steroid dienone is 2. The average molecular weight is 821 g/mol. The maximum absolute atomic E-state index is 12.8. The minimum absolute atomic E-state index is 0.167. The van der Waals surface area contributed by atoms with Crippen LogP contribution in [0.3, 0.4) is 0 Å². The van der Waals surface area contributed by atoms with E-state index >= 15 is 0 Å². The molecule has 0 saturated carbocycles. The van der Waals surface area contributed by atoms with E-state index in [2.05, 4.69) is 26.0 Å².